The molecule has 0 saturated carbocycles. The van der Waals surface area contributed by atoms with Gasteiger partial charge in [-0.2, -0.15) is 0 Å². The number of carbonyl (C=O) groups excluding carboxylic acids is 1. The van der Waals surface area contributed by atoms with E-state index in [0.717, 1.165) is 0 Å². The van der Waals surface area contributed by atoms with Crippen molar-refractivity contribution in [1.29, 1.82) is 0 Å². The van der Waals surface area contributed by atoms with E-state index in [0.29, 0.717) is 5.56 Å². The second-order valence-electron chi connectivity index (χ2n) is 3.23. The number of carboxylic acids is 1. The Morgan fingerprint density at radius 1 is 1.29 bits per heavy atom. The molecule has 0 unspecified atom stereocenters. The van der Waals surface area contributed by atoms with Crippen LogP contribution in [0.4, 0.5) is 0 Å². The van der Waals surface area contributed by atoms with Crippen molar-refractivity contribution in [1.82, 2.24) is 0 Å². The van der Waals surface area contributed by atoms with Gasteiger partial charge >= 0.3 is 5.97 Å². The second kappa shape index (κ2) is 4.56. The van der Waals surface area contributed by atoms with Crippen molar-refractivity contribution in [2.45, 2.75) is 13.3 Å². The summed E-state index contributed by atoms with van der Waals surface area (Å²) in [7, 11) is 0. The molecular weight excluding hydrogens is 180 g/mol. The van der Waals surface area contributed by atoms with E-state index in [-0.39, 0.29) is 12.2 Å². The fourth-order valence-electron chi connectivity index (χ4n) is 1.11. The maximum Gasteiger partial charge on any atom is 0.306 e. The van der Waals surface area contributed by atoms with Crippen LogP contribution in [0.3, 0.4) is 0 Å². The van der Waals surface area contributed by atoms with Crippen molar-refractivity contribution in [3.05, 3.63) is 35.9 Å². The first kappa shape index (κ1) is 10.4. The number of aliphatic carboxylic acids is 1. The third kappa shape index (κ3) is 2.69. The lowest BCUT2D eigenvalue weighted by Crippen LogP contribution is -2.14. The van der Waals surface area contributed by atoms with Gasteiger partial charge in [0.1, 0.15) is 0 Å². The lowest BCUT2D eigenvalue weighted by Gasteiger charge is -2.04. The molecule has 0 heterocycles. The number of hydrogen-bond donors (Lipinski definition) is 1. The third-order valence-corrected chi connectivity index (χ3v) is 2.01. The molecule has 0 bridgehead atoms. The highest BCUT2D eigenvalue weighted by molar-refractivity contribution is 5.97. The normalized spacial score (nSPS) is 12.1. The van der Waals surface area contributed by atoms with Gasteiger partial charge < -0.3 is 5.11 Å². The standard InChI is InChI=1S/C11H12O3/c1-8(11(13)14)7-10(12)9-5-3-2-4-6-9/h2-6,8H,7H2,1H3,(H,13,14)/t8-/m1/s1. The van der Waals surface area contributed by atoms with E-state index < -0.39 is 11.9 Å². The smallest absolute Gasteiger partial charge is 0.306 e. The van der Waals surface area contributed by atoms with Crippen molar-refractivity contribution < 1.29 is 14.7 Å². The van der Waals surface area contributed by atoms with Crippen LogP contribution in [0.15, 0.2) is 30.3 Å². The molecule has 1 atom stereocenters. The van der Waals surface area contributed by atoms with Crippen molar-refractivity contribution in [2.24, 2.45) is 5.92 Å². The monoisotopic (exact) mass is 192 g/mol. The average molecular weight is 192 g/mol. The molecule has 0 aliphatic heterocycles. The summed E-state index contributed by atoms with van der Waals surface area (Å²) in [6, 6.07) is 8.72. The summed E-state index contributed by atoms with van der Waals surface area (Å²) in [5, 5.41) is 8.63. The van der Waals surface area contributed by atoms with E-state index in [4.69, 9.17) is 5.11 Å². The largest absolute Gasteiger partial charge is 0.481 e. The Hall–Kier alpha value is -1.64. The van der Waals surface area contributed by atoms with Gasteiger partial charge in [0.2, 0.25) is 0 Å². The number of carbonyl (C=O) groups is 2. The van der Waals surface area contributed by atoms with Crippen LogP contribution in [0.25, 0.3) is 0 Å². The molecular formula is C11H12O3. The van der Waals surface area contributed by atoms with E-state index in [1.165, 1.54) is 6.92 Å². The van der Waals surface area contributed by atoms with Crippen LogP contribution < -0.4 is 0 Å². The highest BCUT2D eigenvalue weighted by Crippen LogP contribution is 2.09. The molecule has 0 radical (unpaired) electrons. The van der Waals surface area contributed by atoms with Gasteiger partial charge in [-0.1, -0.05) is 37.3 Å². The summed E-state index contributed by atoms with van der Waals surface area (Å²) in [6.45, 7) is 1.53. The van der Waals surface area contributed by atoms with E-state index >= 15 is 0 Å². The average Bonchev–Trinajstić information content (AvgIpc) is 2.19. The summed E-state index contributed by atoms with van der Waals surface area (Å²) in [5.74, 6) is -1.68. The Balaban J connectivity index is 2.64. The minimum Gasteiger partial charge on any atom is -0.481 e. The van der Waals surface area contributed by atoms with E-state index in [2.05, 4.69) is 0 Å². The van der Waals surface area contributed by atoms with Gasteiger partial charge in [0.25, 0.3) is 0 Å². The Morgan fingerprint density at radius 3 is 2.36 bits per heavy atom. The Kier molecular flexibility index (Phi) is 3.40. The lowest BCUT2D eigenvalue weighted by atomic mass is 10.0. The zero-order valence-electron chi connectivity index (χ0n) is 7.93. The van der Waals surface area contributed by atoms with Crippen molar-refractivity contribution in [3.8, 4) is 0 Å². The number of rotatable bonds is 4. The molecule has 74 valence electrons. The minimum atomic E-state index is -0.936. The number of Topliss-reactive ketones (excluding diaryl/α,β-unsaturated/α-hetero) is 1. The summed E-state index contributed by atoms with van der Waals surface area (Å²) in [6.07, 6.45) is 0.0549. The summed E-state index contributed by atoms with van der Waals surface area (Å²) in [4.78, 5) is 22.0. The number of ketones is 1. The van der Waals surface area contributed by atoms with Crippen molar-refractivity contribution in [3.63, 3.8) is 0 Å². The van der Waals surface area contributed by atoms with Crippen molar-refractivity contribution in [2.75, 3.05) is 0 Å². The highest BCUT2D eigenvalue weighted by atomic mass is 16.4. The first-order chi connectivity index (χ1) is 6.61. The lowest BCUT2D eigenvalue weighted by molar-refractivity contribution is -0.141. The highest BCUT2D eigenvalue weighted by Gasteiger charge is 2.16. The molecule has 1 aromatic rings. The number of hydrogen-bond acceptors (Lipinski definition) is 2. The molecule has 0 aliphatic rings. The van der Waals surface area contributed by atoms with Crippen LogP contribution in [0.2, 0.25) is 0 Å². The van der Waals surface area contributed by atoms with Crippen LogP contribution >= 0.6 is 0 Å². The van der Waals surface area contributed by atoms with Crippen LogP contribution in [0, 0.1) is 5.92 Å². The molecule has 14 heavy (non-hydrogen) atoms. The summed E-state index contributed by atoms with van der Waals surface area (Å²) in [5.41, 5.74) is 0.570. The van der Waals surface area contributed by atoms with Crippen LogP contribution in [-0.4, -0.2) is 16.9 Å². The second-order valence-corrected chi connectivity index (χ2v) is 3.23. The van der Waals surface area contributed by atoms with Crippen molar-refractivity contribution >= 4 is 11.8 Å². The Labute approximate surface area is 82.4 Å². The Morgan fingerprint density at radius 2 is 1.86 bits per heavy atom. The first-order valence-corrected chi connectivity index (χ1v) is 4.42. The van der Waals surface area contributed by atoms with Crippen LogP contribution in [0.1, 0.15) is 23.7 Å². The van der Waals surface area contributed by atoms with E-state index in [9.17, 15) is 9.59 Å². The molecule has 0 fully saturated rings. The van der Waals surface area contributed by atoms with Gasteiger partial charge in [0.15, 0.2) is 5.78 Å². The zero-order valence-corrected chi connectivity index (χ0v) is 7.93. The molecule has 1 aromatic carbocycles. The minimum absolute atomic E-state index is 0.0549. The molecule has 3 heteroatoms. The SMILES string of the molecule is C[C@H](CC(=O)c1ccccc1)C(=O)O. The topological polar surface area (TPSA) is 54.4 Å². The molecule has 0 saturated heterocycles. The fourth-order valence-corrected chi connectivity index (χ4v) is 1.11. The van der Waals surface area contributed by atoms with E-state index in [1.54, 1.807) is 24.3 Å². The van der Waals surface area contributed by atoms with Gasteiger partial charge in [-0.05, 0) is 0 Å². The zero-order chi connectivity index (χ0) is 10.6. The molecule has 1 rings (SSSR count). The first-order valence-electron chi connectivity index (χ1n) is 4.42. The van der Waals surface area contributed by atoms with Gasteiger partial charge in [-0.25, -0.2) is 0 Å². The van der Waals surface area contributed by atoms with E-state index in [1.807, 2.05) is 6.07 Å². The molecule has 0 amide bonds. The summed E-state index contributed by atoms with van der Waals surface area (Å²) >= 11 is 0. The van der Waals surface area contributed by atoms with Crippen LogP contribution in [-0.2, 0) is 4.79 Å². The maximum atomic E-state index is 11.5. The third-order valence-electron chi connectivity index (χ3n) is 2.01. The number of benzene rings is 1. The quantitative estimate of drug-likeness (QED) is 0.742. The van der Waals surface area contributed by atoms with Gasteiger partial charge in [0.05, 0.1) is 5.92 Å². The molecule has 3 nitrogen and oxygen atoms in total. The van der Waals surface area contributed by atoms with Gasteiger partial charge in [-0.15, -0.1) is 0 Å². The van der Waals surface area contributed by atoms with Gasteiger partial charge in [-0.3, -0.25) is 9.59 Å². The molecule has 0 aromatic heterocycles. The predicted molar refractivity (Wildman–Crippen MR) is 52.2 cm³/mol. The maximum absolute atomic E-state index is 11.5. The molecule has 0 spiro atoms. The molecule has 0 aliphatic carbocycles. The predicted octanol–water partition coefficient (Wildman–Crippen LogP) is 1.98. The fraction of sp³-hybridized carbons (Fsp3) is 0.273. The summed E-state index contributed by atoms with van der Waals surface area (Å²) < 4.78 is 0. The Bertz CT molecular complexity index is 330. The molecule has 1 N–H and O–H groups in total. The van der Waals surface area contributed by atoms with Crippen LogP contribution in [0.5, 0.6) is 0 Å². The van der Waals surface area contributed by atoms with Gasteiger partial charge in [0, 0.05) is 12.0 Å². The number of carboxylic acid groups (broad SMARTS) is 1.